The SMILES string of the molecule is COc1ccc(OC)c(OC)c1C[C@@H](C)N. The van der Waals surface area contributed by atoms with Crippen LogP contribution in [-0.2, 0) is 6.42 Å². The van der Waals surface area contributed by atoms with E-state index in [0.717, 1.165) is 11.3 Å². The number of hydrogen-bond acceptors (Lipinski definition) is 4. The average molecular weight is 225 g/mol. The molecule has 1 rings (SSSR count). The summed E-state index contributed by atoms with van der Waals surface area (Å²) in [4.78, 5) is 0. The molecule has 2 N–H and O–H groups in total. The molecule has 0 amide bonds. The second-order valence-electron chi connectivity index (χ2n) is 3.66. The molecule has 1 atom stereocenters. The molecule has 0 saturated heterocycles. The molecule has 0 saturated carbocycles. The molecule has 0 fully saturated rings. The zero-order valence-electron chi connectivity index (χ0n) is 10.2. The Labute approximate surface area is 96.3 Å². The Kier molecular flexibility index (Phi) is 4.43. The maximum Gasteiger partial charge on any atom is 0.167 e. The predicted molar refractivity (Wildman–Crippen MR) is 63.5 cm³/mol. The molecule has 0 aromatic heterocycles. The van der Waals surface area contributed by atoms with E-state index < -0.39 is 0 Å². The molecule has 0 unspecified atom stereocenters. The fraction of sp³-hybridized carbons (Fsp3) is 0.500. The van der Waals surface area contributed by atoms with E-state index in [2.05, 4.69) is 0 Å². The van der Waals surface area contributed by atoms with Gasteiger partial charge in [-0.3, -0.25) is 0 Å². The Hall–Kier alpha value is -1.42. The second kappa shape index (κ2) is 5.61. The van der Waals surface area contributed by atoms with Crippen LogP contribution in [0.15, 0.2) is 12.1 Å². The smallest absolute Gasteiger partial charge is 0.167 e. The highest BCUT2D eigenvalue weighted by Crippen LogP contribution is 2.37. The number of benzene rings is 1. The van der Waals surface area contributed by atoms with Crippen LogP contribution in [0, 0.1) is 0 Å². The van der Waals surface area contributed by atoms with Crippen molar-refractivity contribution in [3.63, 3.8) is 0 Å². The lowest BCUT2D eigenvalue weighted by Crippen LogP contribution is -2.18. The molecule has 0 aliphatic rings. The topological polar surface area (TPSA) is 53.7 Å². The highest BCUT2D eigenvalue weighted by atomic mass is 16.5. The molecular weight excluding hydrogens is 206 g/mol. The lowest BCUT2D eigenvalue weighted by molar-refractivity contribution is 0.342. The first-order valence-corrected chi connectivity index (χ1v) is 5.17. The van der Waals surface area contributed by atoms with Crippen LogP contribution in [0.4, 0.5) is 0 Å². The van der Waals surface area contributed by atoms with Crippen molar-refractivity contribution in [1.82, 2.24) is 0 Å². The van der Waals surface area contributed by atoms with E-state index >= 15 is 0 Å². The summed E-state index contributed by atoms with van der Waals surface area (Å²) in [5.74, 6) is 2.16. The monoisotopic (exact) mass is 225 g/mol. The van der Waals surface area contributed by atoms with Crippen molar-refractivity contribution in [2.75, 3.05) is 21.3 Å². The van der Waals surface area contributed by atoms with Gasteiger partial charge in [-0.2, -0.15) is 0 Å². The molecular formula is C12H19NO3. The van der Waals surface area contributed by atoms with Gasteiger partial charge in [-0.25, -0.2) is 0 Å². The first kappa shape index (κ1) is 12.6. The van der Waals surface area contributed by atoms with Crippen molar-refractivity contribution in [3.05, 3.63) is 17.7 Å². The molecule has 1 aromatic carbocycles. The van der Waals surface area contributed by atoms with E-state index in [1.54, 1.807) is 21.3 Å². The van der Waals surface area contributed by atoms with E-state index in [1.807, 2.05) is 19.1 Å². The normalized spacial score (nSPS) is 12.1. The summed E-state index contributed by atoms with van der Waals surface area (Å²) in [5.41, 5.74) is 6.76. The zero-order chi connectivity index (χ0) is 12.1. The Bertz CT molecular complexity index is 350. The van der Waals surface area contributed by atoms with E-state index in [1.165, 1.54) is 0 Å². The number of nitrogens with two attached hydrogens (primary N) is 1. The fourth-order valence-corrected chi connectivity index (χ4v) is 1.68. The maximum absolute atomic E-state index is 5.81. The number of methoxy groups -OCH3 is 3. The summed E-state index contributed by atoms with van der Waals surface area (Å²) in [6, 6.07) is 3.72. The summed E-state index contributed by atoms with van der Waals surface area (Å²) in [6.07, 6.45) is 0.684. The molecule has 0 aliphatic heterocycles. The molecule has 0 aliphatic carbocycles. The molecule has 1 aromatic rings. The van der Waals surface area contributed by atoms with Crippen LogP contribution in [0.2, 0.25) is 0 Å². The highest BCUT2D eigenvalue weighted by Gasteiger charge is 2.16. The van der Waals surface area contributed by atoms with Crippen molar-refractivity contribution in [2.24, 2.45) is 5.73 Å². The molecule has 0 radical (unpaired) electrons. The summed E-state index contributed by atoms with van der Waals surface area (Å²) in [6.45, 7) is 1.94. The molecule has 16 heavy (non-hydrogen) atoms. The molecule has 4 nitrogen and oxygen atoms in total. The first-order chi connectivity index (χ1) is 7.63. The van der Waals surface area contributed by atoms with E-state index in [4.69, 9.17) is 19.9 Å². The minimum absolute atomic E-state index is 0.0370. The second-order valence-corrected chi connectivity index (χ2v) is 3.66. The van der Waals surface area contributed by atoms with Crippen LogP contribution in [-0.4, -0.2) is 27.4 Å². The van der Waals surface area contributed by atoms with E-state index in [-0.39, 0.29) is 6.04 Å². The lowest BCUT2D eigenvalue weighted by atomic mass is 10.0. The third-order valence-electron chi connectivity index (χ3n) is 2.35. The number of ether oxygens (including phenoxy) is 3. The van der Waals surface area contributed by atoms with Crippen LogP contribution in [0.5, 0.6) is 17.2 Å². The van der Waals surface area contributed by atoms with Gasteiger partial charge in [0.05, 0.1) is 21.3 Å². The summed E-state index contributed by atoms with van der Waals surface area (Å²) in [7, 11) is 4.86. The van der Waals surface area contributed by atoms with Gasteiger partial charge >= 0.3 is 0 Å². The summed E-state index contributed by atoms with van der Waals surface area (Å²) < 4.78 is 15.9. The van der Waals surface area contributed by atoms with Gasteiger partial charge in [0, 0.05) is 11.6 Å². The van der Waals surface area contributed by atoms with Gasteiger partial charge in [0.15, 0.2) is 11.5 Å². The predicted octanol–water partition coefficient (Wildman–Crippen LogP) is 1.60. The van der Waals surface area contributed by atoms with Crippen molar-refractivity contribution in [3.8, 4) is 17.2 Å². The van der Waals surface area contributed by atoms with Gasteiger partial charge in [-0.15, -0.1) is 0 Å². The van der Waals surface area contributed by atoms with Crippen molar-refractivity contribution >= 4 is 0 Å². The van der Waals surface area contributed by atoms with Gasteiger partial charge in [-0.05, 0) is 25.5 Å². The maximum atomic E-state index is 5.81. The molecule has 0 bridgehead atoms. The standard InChI is InChI=1S/C12H19NO3/c1-8(13)7-9-10(14-2)5-6-11(15-3)12(9)16-4/h5-6,8H,7,13H2,1-4H3/t8-/m1/s1. The summed E-state index contributed by atoms with van der Waals surface area (Å²) >= 11 is 0. The number of rotatable bonds is 5. The Morgan fingerprint density at radius 2 is 1.62 bits per heavy atom. The first-order valence-electron chi connectivity index (χ1n) is 5.17. The Morgan fingerprint density at radius 1 is 1.06 bits per heavy atom. The van der Waals surface area contributed by atoms with Gasteiger partial charge in [0.25, 0.3) is 0 Å². The van der Waals surface area contributed by atoms with Crippen LogP contribution in [0.3, 0.4) is 0 Å². The van der Waals surface area contributed by atoms with Gasteiger partial charge in [0.1, 0.15) is 5.75 Å². The van der Waals surface area contributed by atoms with E-state index in [9.17, 15) is 0 Å². The largest absolute Gasteiger partial charge is 0.496 e. The highest BCUT2D eigenvalue weighted by molar-refractivity contribution is 5.54. The Balaban J connectivity index is 3.25. The van der Waals surface area contributed by atoms with Crippen LogP contribution in [0.1, 0.15) is 12.5 Å². The van der Waals surface area contributed by atoms with Crippen LogP contribution in [0.25, 0.3) is 0 Å². The lowest BCUT2D eigenvalue weighted by Gasteiger charge is -2.17. The molecule has 0 heterocycles. The fourth-order valence-electron chi connectivity index (χ4n) is 1.68. The van der Waals surface area contributed by atoms with Crippen molar-refractivity contribution < 1.29 is 14.2 Å². The third kappa shape index (κ3) is 2.58. The van der Waals surface area contributed by atoms with Crippen molar-refractivity contribution in [1.29, 1.82) is 0 Å². The zero-order valence-corrected chi connectivity index (χ0v) is 10.2. The minimum Gasteiger partial charge on any atom is -0.496 e. The van der Waals surface area contributed by atoms with Gasteiger partial charge in [0.2, 0.25) is 0 Å². The Morgan fingerprint density at radius 3 is 2.06 bits per heavy atom. The van der Waals surface area contributed by atoms with Crippen molar-refractivity contribution in [2.45, 2.75) is 19.4 Å². The number of hydrogen-bond donors (Lipinski definition) is 1. The van der Waals surface area contributed by atoms with E-state index in [0.29, 0.717) is 17.9 Å². The van der Waals surface area contributed by atoms with Crippen LogP contribution >= 0.6 is 0 Å². The molecule has 90 valence electrons. The minimum atomic E-state index is 0.0370. The summed E-state index contributed by atoms with van der Waals surface area (Å²) in [5, 5.41) is 0. The third-order valence-corrected chi connectivity index (χ3v) is 2.35. The molecule has 0 spiro atoms. The van der Waals surface area contributed by atoms with Crippen LogP contribution < -0.4 is 19.9 Å². The molecule has 4 heteroatoms. The van der Waals surface area contributed by atoms with Gasteiger partial charge in [-0.1, -0.05) is 0 Å². The average Bonchev–Trinajstić information content (AvgIpc) is 2.27. The quantitative estimate of drug-likeness (QED) is 0.827. The van der Waals surface area contributed by atoms with Gasteiger partial charge < -0.3 is 19.9 Å².